The van der Waals surface area contributed by atoms with Crippen LogP contribution in [0.25, 0.3) is 0 Å². The predicted octanol–water partition coefficient (Wildman–Crippen LogP) is 0.526. The molecule has 1 aliphatic carbocycles. The van der Waals surface area contributed by atoms with Crippen LogP contribution in [0.5, 0.6) is 0 Å². The van der Waals surface area contributed by atoms with Crippen molar-refractivity contribution in [3.05, 3.63) is 0 Å². The van der Waals surface area contributed by atoms with Crippen LogP contribution in [0.15, 0.2) is 0 Å². The second-order valence-electron chi connectivity index (χ2n) is 3.57. The third-order valence-electron chi connectivity index (χ3n) is 2.75. The number of likely N-dealkylation sites (N-methyl/N-ethyl adjacent to an activating group) is 1. The number of hydrogen-bond donors (Lipinski definition) is 2. The van der Waals surface area contributed by atoms with Gasteiger partial charge in [0, 0.05) is 12.6 Å². The standard InChI is InChI=1S/C9H19NO2/c1-3-10-9(7-11)5-4-8(6-9)12-2/h8,10-11H,3-7H2,1-2H3. The summed E-state index contributed by atoms with van der Waals surface area (Å²) in [5, 5.41) is 12.6. The molecule has 0 aromatic carbocycles. The molecule has 1 aliphatic rings. The topological polar surface area (TPSA) is 41.5 Å². The van der Waals surface area contributed by atoms with E-state index in [1.54, 1.807) is 7.11 Å². The summed E-state index contributed by atoms with van der Waals surface area (Å²) in [4.78, 5) is 0. The molecule has 0 saturated heterocycles. The second kappa shape index (κ2) is 4.21. The summed E-state index contributed by atoms with van der Waals surface area (Å²) in [6.45, 7) is 3.20. The Bertz CT molecular complexity index is 140. The van der Waals surface area contributed by atoms with E-state index in [1.807, 2.05) is 0 Å². The zero-order valence-corrected chi connectivity index (χ0v) is 7.97. The second-order valence-corrected chi connectivity index (χ2v) is 3.57. The van der Waals surface area contributed by atoms with E-state index in [4.69, 9.17) is 4.74 Å². The van der Waals surface area contributed by atoms with Gasteiger partial charge >= 0.3 is 0 Å². The summed E-state index contributed by atoms with van der Waals surface area (Å²) in [6.07, 6.45) is 3.35. The molecule has 12 heavy (non-hydrogen) atoms. The normalized spacial score (nSPS) is 35.8. The fourth-order valence-electron chi connectivity index (χ4n) is 2.01. The molecule has 1 rings (SSSR count). The molecule has 72 valence electrons. The van der Waals surface area contributed by atoms with Crippen molar-refractivity contribution in [2.24, 2.45) is 0 Å². The van der Waals surface area contributed by atoms with E-state index in [1.165, 1.54) is 0 Å². The van der Waals surface area contributed by atoms with Gasteiger partial charge in [0.1, 0.15) is 0 Å². The molecule has 2 unspecified atom stereocenters. The zero-order valence-electron chi connectivity index (χ0n) is 7.97. The largest absolute Gasteiger partial charge is 0.394 e. The molecule has 0 aromatic heterocycles. The van der Waals surface area contributed by atoms with Crippen molar-refractivity contribution in [2.75, 3.05) is 20.3 Å². The summed E-state index contributed by atoms with van der Waals surface area (Å²) in [6, 6.07) is 0. The van der Waals surface area contributed by atoms with Gasteiger partial charge in [-0.1, -0.05) is 6.92 Å². The molecule has 3 heteroatoms. The Morgan fingerprint density at radius 1 is 1.67 bits per heavy atom. The molecule has 0 amide bonds. The molecule has 2 atom stereocenters. The number of aliphatic hydroxyl groups excluding tert-OH is 1. The van der Waals surface area contributed by atoms with Crippen LogP contribution in [-0.2, 0) is 4.74 Å². The first-order chi connectivity index (χ1) is 5.76. The molecule has 0 heterocycles. The van der Waals surface area contributed by atoms with E-state index in [0.717, 1.165) is 25.8 Å². The van der Waals surface area contributed by atoms with E-state index in [0.29, 0.717) is 6.10 Å². The highest BCUT2D eigenvalue weighted by atomic mass is 16.5. The SMILES string of the molecule is CCNC1(CO)CCC(OC)C1. The van der Waals surface area contributed by atoms with Gasteiger partial charge in [-0.3, -0.25) is 0 Å². The Hall–Kier alpha value is -0.120. The highest BCUT2D eigenvalue weighted by Crippen LogP contribution is 2.30. The summed E-state index contributed by atoms with van der Waals surface area (Å²) in [5.41, 5.74) is -0.0601. The first-order valence-corrected chi connectivity index (χ1v) is 4.65. The number of nitrogens with one attached hydrogen (secondary N) is 1. The lowest BCUT2D eigenvalue weighted by Gasteiger charge is -2.27. The van der Waals surface area contributed by atoms with Gasteiger partial charge in [-0.15, -0.1) is 0 Å². The summed E-state index contributed by atoms with van der Waals surface area (Å²) in [7, 11) is 1.74. The summed E-state index contributed by atoms with van der Waals surface area (Å²) >= 11 is 0. The highest BCUT2D eigenvalue weighted by molar-refractivity contribution is 4.96. The molecule has 0 spiro atoms. The van der Waals surface area contributed by atoms with Gasteiger partial charge in [0.15, 0.2) is 0 Å². The van der Waals surface area contributed by atoms with Crippen LogP contribution < -0.4 is 5.32 Å². The Balaban J connectivity index is 2.47. The van der Waals surface area contributed by atoms with E-state index in [-0.39, 0.29) is 12.1 Å². The molecule has 1 fully saturated rings. The number of rotatable bonds is 4. The first-order valence-electron chi connectivity index (χ1n) is 4.65. The maximum absolute atomic E-state index is 9.24. The first kappa shape index (κ1) is 9.96. The number of ether oxygens (including phenoxy) is 1. The van der Waals surface area contributed by atoms with Gasteiger partial charge in [0.25, 0.3) is 0 Å². The molecule has 2 N–H and O–H groups in total. The molecule has 3 nitrogen and oxygen atoms in total. The highest BCUT2D eigenvalue weighted by Gasteiger charge is 2.37. The predicted molar refractivity (Wildman–Crippen MR) is 48.1 cm³/mol. The third kappa shape index (κ3) is 1.97. The Kier molecular flexibility index (Phi) is 3.50. The Labute approximate surface area is 74.1 Å². The van der Waals surface area contributed by atoms with E-state index >= 15 is 0 Å². The molecule has 0 radical (unpaired) electrons. The van der Waals surface area contributed by atoms with Crippen LogP contribution in [0.2, 0.25) is 0 Å². The van der Waals surface area contributed by atoms with Crippen LogP contribution >= 0.6 is 0 Å². The van der Waals surface area contributed by atoms with Crippen molar-refractivity contribution in [2.45, 2.75) is 37.8 Å². The van der Waals surface area contributed by atoms with Crippen LogP contribution in [0.4, 0.5) is 0 Å². The van der Waals surface area contributed by atoms with Gasteiger partial charge < -0.3 is 15.2 Å². The Morgan fingerprint density at radius 3 is 2.83 bits per heavy atom. The van der Waals surface area contributed by atoms with Crippen molar-refractivity contribution in [1.29, 1.82) is 0 Å². The molecule has 0 aromatic rings. The molecule has 0 bridgehead atoms. The minimum atomic E-state index is -0.0601. The summed E-state index contributed by atoms with van der Waals surface area (Å²) < 4.78 is 5.26. The molecule has 0 aliphatic heterocycles. The van der Waals surface area contributed by atoms with Crippen LogP contribution in [-0.4, -0.2) is 37.0 Å². The van der Waals surface area contributed by atoms with Crippen molar-refractivity contribution in [3.8, 4) is 0 Å². The van der Waals surface area contributed by atoms with Crippen LogP contribution in [0.1, 0.15) is 26.2 Å². The zero-order chi connectivity index (χ0) is 9.03. The average molecular weight is 173 g/mol. The quantitative estimate of drug-likeness (QED) is 0.651. The average Bonchev–Trinajstić information content (AvgIpc) is 2.50. The van der Waals surface area contributed by atoms with Gasteiger partial charge in [-0.25, -0.2) is 0 Å². The van der Waals surface area contributed by atoms with E-state index in [2.05, 4.69) is 12.2 Å². The number of aliphatic hydroxyl groups is 1. The fourth-order valence-corrected chi connectivity index (χ4v) is 2.01. The molecular weight excluding hydrogens is 154 g/mol. The summed E-state index contributed by atoms with van der Waals surface area (Å²) in [5.74, 6) is 0. The maximum atomic E-state index is 9.24. The minimum Gasteiger partial charge on any atom is -0.394 e. The van der Waals surface area contributed by atoms with Gasteiger partial charge in [-0.05, 0) is 25.8 Å². The number of methoxy groups -OCH3 is 1. The van der Waals surface area contributed by atoms with Gasteiger partial charge in [-0.2, -0.15) is 0 Å². The maximum Gasteiger partial charge on any atom is 0.0614 e. The molecule has 1 saturated carbocycles. The van der Waals surface area contributed by atoms with E-state index in [9.17, 15) is 5.11 Å². The van der Waals surface area contributed by atoms with E-state index < -0.39 is 0 Å². The minimum absolute atomic E-state index is 0.0601. The van der Waals surface area contributed by atoms with Gasteiger partial charge in [0.05, 0.1) is 12.7 Å². The van der Waals surface area contributed by atoms with Crippen molar-refractivity contribution >= 4 is 0 Å². The smallest absolute Gasteiger partial charge is 0.0614 e. The lowest BCUT2D eigenvalue weighted by Crippen LogP contribution is -2.46. The van der Waals surface area contributed by atoms with Crippen LogP contribution in [0.3, 0.4) is 0 Å². The van der Waals surface area contributed by atoms with Crippen LogP contribution in [0, 0.1) is 0 Å². The monoisotopic (exact) mass is 173 g/mol. The lowest BCUT2D eigenvalue weighted by molar-refractivity contribution is 0.0887. The van der Waals surface area contributed by atoms with Crippen molar-refractivity contribution in [3.63, 3.8) is 0 Å². The van der Waals surface area contributed by atoms with Gasteiger partial charge in [0.2, 0.25) is 0 Å². The third-order valence-corrected chi connectivity index (χ3v) is 2.75. The van der Waals surface area contributed by atoms with Crippen molar-refractivity contribution in [1.82, 2.24) is 5.32 Å². The fraction of sp³-hybridized carbons (Fsp3) is 1.00. The Morgan fingerprint density at radius 2 is 2.42 bits per heavy atom. The van der Waals surface area contributed by atoms with Crippen molar-refractivity contribution < 1.29 is 9.84 Å². The molecular formula is C9H19NO2. The number of hydrogen-bond acceptors (Lipinski definition) is 3. The lowest BCUT2D eigenvalue weighted by atomic mass is 9.99.